The van der Waals surface area contributed by atoms with Crippen LogP contribution in [0.3, 0.4) is 0 Å². The molecular formula is C25H32N2O4. The number of nitrogens with zero attached hydrogens (tertiary/aromatic N) is 2. The highest BCUT2D eigenvalue weighted by atomic mass is 16.6. The van der Waals surface area contributed by atoms with Crippen molar-refractivity contribution in [1.29, 1.82) is 0 Å². The molecule has 1 atom stereocenters. The lowest BCUT2D eigenvalue weighted by Gasteiger charge is -2.32. The molecule has 1 aromatic carbocycles. The average Bonchev–Trinajstić information content (AvgIpc) is 2.75. The number of fused-ring (bicyclic) bond motifs is 1. The van der Waals surface area contributed by atoms with E-state index in [1.165, 1.54) is 7.11 Å². The molecule has 0 saturated carbocycles. The summed E-state index contributed by atoms with van der Waals surface area (Å²) in [6.45, 7) is 6.97. The zero-order valence-corrected chi connectivity index (χ0v) is 18.8. The van der Waals surface area contributed by atoms with Crippen LogP contribution in [0.4, 0.5) is 4.79 Å². The zero-order valence-electron chi connectivity index (χ0n) is 18.8. The van der Waals surface area contributed by atoms with E-state index in [1.54, 1.807) is 4.90 Å². The lowest BCUT2D eigenvalue weighted by Crippen LogP contribution is -2.41. The molecule has 0 aliphatic carbocycles. The zero-order chi connectivity index (χ0) is 22.4. The van der Waals surface area contributed by atoms with Crippen molar-refractivity contribution >= 4 is 23.0 Å². The average molecular weight is 425 g/mol. The van der Waals surface area contributed by atoms with Gasteiger partial charge in [-0.05, 0) is 57.2 Å². The first kappa shape index (κ1) is 22.8. The third-order valence-electron chi connectivity index (χ3n) is 5.46. The number of methoxy groups -OCH3 is 1. The Labute approximate surface area is 184 Å². The van der Waals surface area contributed by atoms with Gasteiger partial charge in [0.1, 0.15) is 5.60 Å². The summed E-state index contributed by atoms with van der Waals surface area (Å²) in [7, 11) is 1.41. The normalized spacial score (nSPS) is 16.5. The van der Waals surface area contributed by atoms with Gasteiger partial charge in [0.15, 0.2) is 0 Å². The number of rotatable bonds is 5. The first-order chi connectivity index (χ1) is 14.7. The van der Waals surface area contributed by atoms with Gasteiger partial charge in [-0.25, -0.2) is 4.79 Å². The minimum atomic E-state index is -0.483. The molecule has 1 amide bonds. The van der Waals surface area contributed by atoms with Crippen molar-refractivity contribution in [2.24, 2.45) is 5.92 Å². The maximum absolute atomic E-state index is 12.3. The van der Waals surface area contributed by atoms with Crippen LogP contribution in [0.2, 0.25) is 0 Å². The van der Waals surface area contributed by atoms with Gasteiger partial charge in [-0.2, -0.15) is 0 Å². The van der Waals surface area contributed by atoms with Crippen molar-refractivity contribution in [3.8, 4) is 0 Å². The number of piperidine rings is 1. The fraction of sp³-hybridized carbons (Fsp3) is 0.480. The van der Waals surface area contributed by atoms with Gasteiger partial charge in [0.25, 0.3) is 0 Å². The van der Waals surface area contributed by atoms with Gasteiger partial charge in [-0.15, -0.1) is 0 Å². The van der Waals surface area contributed by atoms with Crippen LogP contribution in [0, 0.1) is 5.92 Å². The van der Waals surface area contributed by atoms with E-state index in [0.29, 0.717) is 19.0 Å². The van der Waals surface area contributed by atoms with E-state index >= 15 is 0 Å². The van der Waals surface area contributed by atoms with Crippen molar-refractivity contribution in [2.75, 3.05) is 20.2 Å². The standard InChI is InChI=1S/C25H32N2O4/c1-25(2,3)31-24(29)27-13-11-18(12-14-27)9-10-19(16-23(28)30-4)21-15-20-7-5-6-8-22(20)26-17-21/h5-10,15,17-19H,11-14,16H2,1-4H3/b10-9+. The topological polar surface area (TPSA) is 68.7 Å². The minimum absolute atomic E-state index is 0.103. The van der Waals surface area contributed by atoms with Crippen molar-refractivity contribution in [2.45, 2.75) is 51.6 Å². The fourth-order valence-electron chi connectivity index (χ4n) is 3.74. The third-order valence-corrected chi connectivity index (χ3v) is 5.46. The molecular weight excluding hydrogens is 392 g/mol. The van der Waals surface area contributed by atoms with Gasteiger partial charge in [-0.1, -0.05) is 30.4 Å². The van der Waals surface area contributed by atoms with Gasteiger partial charge in [0.2, 0.25) is 0 Å². The molecule has 1 aliphatic rings. The number of carbonyl (C=O) groups excluding carboxylic acids is 2. The number of ether oxygens (including phenoxy) is 2. The number of pyridine rings is 1. The molecule has 0 spiro atoms. The van der Waals surface area contributed by atoms with Crippen molar-refractivity contribution < 1.29 is 19.1 Å². The maximum atomic E-state index is 12.3. The summed E-state index contributed by atoms with van der Waals surface area (Å²) in [6.07, 6.45) is 7.87. The number of likely N-dealkylation sites (tertiary alicyclic amines) is 1. The first-order valence-electron chi connectivity index (χ1n) is 10.8. The summed E-state index contributed by atoms with van der Waals surface area (Å²) < 4.78 is 10.4. The highest BCUT2D eigenvalue weighted by molar-refractivity contribution is 5.79. The van der Waals surface area contributed by atoms with Crippen LogP contribution in [0.5, 0.6) is 0 Å². The second-order valence-corrected chi connectivity index (χ2v) is 9.04. The predicted octanol–water partition coefficient (Wildman–Crippen LogP) is 5.08. The quantitative estimate of drug-likeness (QED) is 0.494. The summed E-state index contributed by atoms with van der Waals surface area (Å²) in [5.41, 5.74) is 1.44. The Bertz CT molecular complexity index is 940. The molecule has 2 aromatic rings. The summed E-state index contributed by atoms with van der Waals surface area (Å²) in [5.74, 6) is 0.00300. The molecule has 1 saturated heterocycles. The highest BCUT2D eigenvalue weighted by Gasteiger charge is 2.26. The van der Waals surface area contributed by atoms with E-state index in [-0.39, 0.29) is 24.4 Å². The lowest BCUT2D eigenvalue weighted by molar-refractivity contribution is -0.140. The second-order valence-electron chi connectivity index (χ2n) is 9.04. The van der Waals surface area contributed by atoms with Gasteiger partial charge >= 0.3 is 12.1 Å². The third kappa shape index (κ3) is 6.54. The van der Waals surface area contributed by atoms with Crippen LogP contribution in [-0.4, -0.2) is 47.7 Å². The summed E-state index contributed by atoms with van der Waals surface area (Å²) >= 11 is 0. The summed E-state index contributed by atoms with van der Waals surface area (Å²) in [5, 5.41) is 1.05. The molecule has 1 fully saturated rings. The van der Waals surface area contributed by atoms with Gasteiger partial charge in [0, 0.05) is 30.6 Å². The Hall–Kier alpha value is -2.89. The van der Waals surface area contributed by atoms with E-state index in [0.717, 1.165) is 29.3 Å². The molecule has 0 N–H and O–H groups in total. The number of amides is 1. The highest BCUT2D eigenvalue weighted by Crippen LogP contribution is 2.27. The van der Waals surface area contributed by atoms with Crippen LogP contribution in [0.1, 0.15) is 51.5 Å². The number of benzene rings is 1. The van der Waals surface area contributed by atoms with Gasteiger partial charge in [0.05, 0.1) is 19.0 Å². The molecule has 0 bridgehead atoms. The SMILES string of the molecule is COC(=O)CC(/C=C/C1CCN(C(=O)OC(C)(C)C)CC1)c1cnc2ccccc2c1. The van der Waals surface area contributed by atoms with Crippen LogP contribution in [0.25, 0.3) is 10.9 Å². The van der Waals surface area contributed by atoms with Gasteiger partial charge < -0.3 is 14.4 Å². The van der Waals surface area contributed by atoms with Crippen LogP contribution in [0.15, 0.2) is 48.7 Å². The molecule has 1 aliphatic heterocycles. The Balaban J connectivity index is 1.67. The number of hydrogen-bond acceptors (Lipinski definition) is 5. The molecule has 31 heavy (non-hydrogen) atoms. The van der Waals surface area contributed by atoms with E-state index < -0.39 is 5.60 Å². The molecule has 6 nitrogen and oxygen atoms in total. The molecule has 6 heteroatoms. The van der Waals surface area contributed by atoms with Crippen LogP contribution >= 0.6 is 0 Å². The number of esters is 1. The van der Waals surface area contributed by atoms with E-state index in [9.17, 15) is 9.59 Å². The number of allylic oxidation sites excluding steroid dienone is 2. The number of carbonyl (C=O) groups is 2. The Morgan fingerprint density at radius 2 is 1.94 bits per heavy atom. The van der Waals surface area contributed by atoms with Crippen molar-refractivity contribution in [1.82, 2.24) is 9.88 Å². The van der Waals surface area contributed by atoms with Crippen molar-refractivity contribution in [3.05, 3.63) is 54.2 Å². The number of hydrogen-bond donors (Lipinski definition) is 0. The monoisotopic (exact) mass is 424 g/mol. The minimum Gasteiger partial charge on any atom is -0.469 e. The molecule has 1 unspecified atom stereocenters. The first-order valence-corrected chi connectivity index (χ1v) is 10.8. The molecule has 166 valence electrons. The Morgan fingerprint density at radius 3 is 2.61 bits per heavy atom. The molecule has 0 radical (unpaired) electrons. The number of para-hydroxylation sites is 1. The molecule has 3 rings (SSSR count). The summed E-state index contributed by atoms with van der Waals surface area (Å²) in [4.78, 5) is 30.6. The van der Waals surface area contributed by atoms with E-state index in [4.69, 9.17) is 9.47 Å². The fourth-order valence-corrected chi connectivity index (χ4v) is 3.74. The van der Waals surface area contributed by atoms with Crippen molar-refractivity contribution in [3.63, 3.8) is 0 Å². The van der Waals surface area contributed by atoms with Crippen LogP contribution in [-0.2, 0) is 14.3 Å². The lowest BCUT2D eigenvalue weighted by atomic mass is 9.91. The molecule has 1 aromatic heterocycles. The van der Waals surface area contributed by atoms with Crippen LogP contribution < -0.4 is 0 Å². The van der Waals surface area contributed by atoms with E-state index in [1.807, 2.05) is 51.2 Å². The van der Waals surface area contributed by atoms with E-state index in [2.05, 4.69) is 23.2 Å². The smallest absolute Gasteiger partial charge is 0.410 e. The second kappa shape index (κ2) is 9.94. The maximum Gasteiger partial charge on any atom is 0.410 e. The summed E-state index contributed by atoms with van der Waals surface area (Å²) in [6, 6.07) is 10.0. The molecule has 2 heterocycles. The predicted molar refractivity (Wildman–Crippen MR) is 121 cm³/mol. The number of aromatic nitrogens is 1. The largest absolute Gasteiger partial charge is 0.469 e. The van der Waals surface area contributed by atoms with Gasteiger partial charge in [-0.3, -0.25) is 9.78 Å². The Kier molecular flexibility index (Phi) is 7.31. The Morgan fingerprint density at radius 1 is 1.23 bits per heavy atom.